The summed E-state index contributed by atoms with van der Waals surface area (Å²) in [6, 6.07) is 15.3. The Morgan fingerprint density at radius 3 is 2.48 bits per heavy atom. The minimum atomic E-state index is -0.642. The van der Waals surface area contributed by atoms with Crippen LogP contribution in [0.4, 0.5) is 11.5 Å². The zero-order valence-corrected chi connectivity index (χ0v) is 29.3. The quantitative estimate of drug-likeness (QED) is 0.181. The van der Waals surface area contributed by atoms with Gasteiger partial charge >= 0.3 is 0 Å². The maximum Gasteiger partial charge on any atom is 0.241 e. The number of nitrogens with zero attached hydrogens (tertiary/aromatic N) is 7. The Bertz CT molecular complexity index is 1950. The lowest BCUT2D eigenvalue weighted by Crippen LogP contribution is -2.44. The van der Waals surface area contributed by atoms with Crippen LogP contribution in [-0.4, -0.2) is 96.6 Å². The molecule has 13 heteroatoms. The average Bonchev–Trinajstić information content (AvgIpc) is 3.77. The first-order valence-electron chi connectivity index (χ1n) is 17.0. The molecule has 0 radical (unpaired) electrons. The van der Waals surface area contributed by atoms with Crippen LogP contribution in [0, 0.1) is 5.92 Å². The molecule has 1 amide bonds. The second-order valence-corrected chi connectivity index (χ2v) is 14.4. The van der Waals surface area contributed by atoms with E-state index in [1.54, 1.807) is 42.6 Å². The number of thioether (sulfide) groups is 1. The van der Waals surface area contributed by atoms with Crippen LogP contribution >= 0.6 is 11.8 Å². The highest BCUT2D eigenvalue weighted by Crippen LogP contribution is 2.36. The molecule has 4 aromatic heterocycles. The number of carbonyl (C=O) groups is 2. The molecule has 6 heterocycles. The van der Waals surface area contributed by atoms with Gasteiger partial charge in [0, 0.05) is 85.2 Å². The van der Waals surface area contributed by atoms with Gasteiger partial charge in [-0.2, -0.15) is 5.10 Å². The summed E-state index contributed by atoms with van der Waals surface area (Å²) in [5, 5.41) is 11.7. The Morgan fingerprint density at radius 2 is 1.78 bits per heavy atom. The predicted molar refractivity (Wildman–Crippen MR) is 196 cm³/mol. The Balaban J connectivity index is 0.936. The standard InChI is InChI=1S/C37H41N9O3S/c1-24(2)49-33-10-6-26(20-41-33)34-29-19-28(7-8-30(29)43-44-34)42-36(48)37(50-3)13-18-45(23-37)22-31(47)25-11-16-46(17-12-25)32-9-5-27(21-40-32)35-38-14-4-15-39-35/h4-10,14-15,19-21,24-25H,11-13,16-18,22-23H2,1-3H3,(H,42,48)(H,43,44)/t37-/m0/s1. The van der Waals surface area contributed by atoms with Gasteiger partial charge in [0.1, 0.15) is 22.0 Å². The van der Waals surface area contributed by atoms with Crippen molar-refractivity contribution in [2.24, 2.45) is 5.92 Å². The summed E-state index contributed by atoms with van der Waals surface area (Å²) in [7, 11) is 0. The van der Waals surface area contributed by atoms with E-state index in [4.69, 9.17) is 4.74 Å². The number of hydrogen-bond acceptors (Lipinski definition) is 11. The van der Waals surface area contributed by atoms with Gasteiger partial charge in [-0.05, 0) is 81.8 Å². The summed E-state index contributed by atoms with van der Waals surface area (Å²) in [4.78, 5) is 49.3. The molecule has 0 aliphatic carbocycles. The molecule has 2 N–H and O–H groups in total. The molecular weight excluding hydrogens is 651 g/mol. The van der Waals surface area contributed by atoms with Gasteiger partial charge in [0.15, 0.2) is 5.82 Å². The molecule has 2 aliphatic heterocycles. The number of fused-ring (bicyclic) bond motifs is 1. The summed E-state index contributed by atoms with van der Waals surface area (Å²) in [5.41, 5.74) is 4.04. The summed E-state index contributed by atoms with van der Waals surface area (Å²) in [6.07, 6.45) is 11.3. The molecule has 50 heavy (non-hydrogen) atoms. The molecule has 5 aromatic rings. The van der Waals surface area contributed by atoms with Gasteiger partial charge in [0.05, 0.1) is 18.2 Å². The molecular formula is C37H41N9O3S. The number of ether oxygens (including phenoxy) is 1. The predicted octanol–water partition coefficient (Wildman–Crippen LogP) is 5.50. The number of anilines is 2. The number of pyridine rings is 2. The zero-order chi connectivity index (χ0) is 34.7. The highest BCUT2D eigenvalue weighted by molar-refractivity contribution is 8.00. The molecule has 2 aliphatic rings. The van der Waals surface area contributed by atoms with Crippen LogP contribution in [0.5, 0.6) is 5.88 Å². The van der Waals surface area contributed by atoms with Crippen LogP contribution in [0.15, 0.2) is 73.3 Å². The van der Waals surface area contributed by atoms with E-state index in [0.29, 0.717) is 43.4 Å². The molecule has 0 saturated carbocycles. The topological polar surface area (TPSA) is 142 Å². The summed E-state index contributed by atoms with van der Waals surface area (Å²) in [5.74, 6) is 2.32. The van der Waals surface area contributed by atoms with Crippen molar-refractivity contribution >= 4 is 45.9 Å². The maximum absolute atomic E-state index is 13.8. The molecule has 7 rings (SSSR count). The number of Topliss-reactive ketones (excluding diaryl/α,β-unsaturated/α-hetero) is 1. The summed E-state index contributed by atoms with van der Waals surface area (Å²) >= 11 is 1.56. The van der Waals surface area contributed by atoms with E-state index in [0.717, 1.165) is 59.5 Å². The molecule has 1 aromatic carbocycles. The zero-order valence-electron chi connectivity index (χ0n) is 28.5. The Hall–Kier alpha value is -4.88. The molecule has 0 unspecified atom stereocenters. The number of benzene rings is 1. The fourth-order valence-corrected chi connectivity index (χ4v) is 7.60. The highest BCUT2D eigenvalue weighted by Gasteiger charge is 2.45. The lowest BCUT2D eigenvalue weighted by Gasteiger charge is -2.33. The number of amides is 1. The molecule has 258 valence electrons. The van der Waals surface area contributed by atoms with Crippen molar-refractivity contribution in [2.45, 2.75) is 44.0 Å². The lowest BCUT2D eigenvalue weighted by molar-refractivity contribution is -0.124. The largest absolute Gasteiger partial charge is 0.475 e. The normalized spacial score (nSPS) is 18.5. The third kappa shape index (κ3) is 7.19. The Kier molecular flexibility index (Phi) is 9.77. The van der Waals surface area contributed by atoms with E-state index >= 15 is 0 Å². The van der Waals surface area contributed by atoms with Crippen molar-refractivity contribution in [2.75, 3.05) is 49.2 Å². The average molecular weight is 692 g/mol. The fourth-order valence-electron chi connectivity index (χ4n) is 6.76. The van der Waals surface area contributed by atoms with Crippen LogP contribution < -0.4 is 15.0 Å². The Labute approximate surface area is 295 Å². The Morgan fingerprint density at radius 1 is 1.00 bits per heavy atom. The first-order valence-corrected chi connectivity index (χ1v) is 18.2. The number of H-pyrrole nitrogens is 1. The first kappa shape index (κ1) is 33.6. The SMILES string of the molecule is CS[C@@]1(C(=O)Nc2ccc3[nH]nc(-c4ccc(OC(C)C)nc4)c3c2)CCN(CC(=O)C2CCN(c3ccc(-c4ncccn4)cn3)CC2)C1. The first-order chi connectivity index (χ1) is 24.3. The minimum absolute atomic E-state index is 0.00589. The van der Waals surface area contributed by atoms with Crippen LogP contribution in [0.3, 0.4) is 0 Å². The summed E-state index contributed by atoms with van der Waals surface area (Å²) in [6.45, 7) is 7.08. The van der Waals surface area contributed by atoms with Gasteiger partial charge in [-0.3, -0.25) is 19.6 Å². The molecule has 12 nitrogen and oxygen atoms in total. The second-order valence-electron chi connectivity index (χ2n) is 13.2. The number of aromatic amines is 1. The van der Waals surface area contributed by atoms with E-state index in [-0.39, 0.29) is 23.7 Å². The lowest BCUT2D eigenvalue weighted by atomic mass is 9.92. The number of ketones is 1. The van der Waals surface area contributed by atoms with Crippen molar-refractivity contribution in [3.8, 4) is 28.5 Å². The minimum Gasteiger partial charge on any atom is -0.475 e. The van der Waals surface area contributed by atoms with Gasteiger partial charge < -0.3 is 15.0 Å². The fraction of sp³-hybridized carbons (Fsp3) is 0.378. The van der Waals surface area contributed by atoms with E-state index in [1.807, 2.05) is 62.6 Å². The van der Waals surface area contributed by atoms with Crippen LogP contribution in [0.2, 0.25) is 0 Å². The van der Waals surface area contributed by atoms with Gasteiger partial charge in [-0.25, -0.2) is 19.9 Å². The maximum atomic E-state index is 13.8. The number of hydrogen-bond donors (Lipinski definition) is 2. The second kappa shape index (κ2) is 14.5. The van der Waals surface area contributed by atoms with Crippen molar-refractivity contribution in [1.29, 1.82) is 0 Å². The van der Waals surface area contributed by atoms with Crippen molar-refractivity contribution < 1.29 is 14.3 Å². The van der Waals surface area contributed by atoms with E-state index < -0.39 is 4.75 Å². The van der Waals surface area contributed by atoms with Crippen LogP contribution in [-0.2, 0) is 9.59 Å². The van der Waals surface area contributed by atoms with Crippen molar-refractivity contribution in [1.82, 2.24) is 35.0 Å². The number of rotatable bonds is 11. The van der Waals surface area contributed by atoms with Gasteiger partial charge in [-0.15, -0.1) is 11.8 Å². The highest BCUT2D eigenvalue weighted by atomic mass is 32.2. The smallest absolute Gasteiger partial charge is 0.241 e. The molecule has 0 bridgehead atoms. The van der Waals surface area contributed by atoms with Gasteiger partial charge in [0.2, 0.25) is 11.8 Å². The number of aromatic nitrogens is 6. The van der Waals surface area contributed by atoms with E-state index in [9.17, 15) is 9.59 Å². The van der Waals surface area contributed by atoms with Gasteiger partial charge in [-0.1, -0.05) is 0 Å². The van der Waals surface area contributed by atoms with E-state index in [2.05, 4.69) is 45.2 Å². The van der Waals surface area contributed by atoms with Crippen molar-refractivity contribution in [3.05, 3.63) is 73.3 Å². The number of carbonyl (C=O) groups excluding carboxylic acids is 2. The third-order valence-corrected chi connectivity index (χ3v) is 10.8. The van der Waals surface area contributed by atoms with E-state index in [1.165, 1.54) is 0 Å². The number of likely N-dealkylation sites (tertiary alicyclic amines) is 1. The summed E-state index contributed by atoms with van der Waals surface area (Å²) < 4.78 is 5.04. The number of piperidine rings is 1. The molecule has 2 fully saturated rings. The van der Waals surface area contributed by atoms with Crippen molar-refractivity contribution in [3.63, 3.8) is 0 Å². The molecule has 0 spiro atoms. The van der Waals surface area contributed by atoms with Crippen LogP contribution in [0.25, 0.3) is 33.5 Å². The molecule has 1 atom stereocenters. The van der Waals surface area contributed by atoms with Crippen LogP contribution in [0.1, 0.15) is 33.1 Å². The third-order valence-electron chi connectivity index (χ3n) is 9.53. The number of nitrogens with one attached hydrogen (secondary N) is 2. The molecule has 2 saturated heterocycles. The van der Waals surface area contributed by atoms with Gasteiger partial charge in [0.25, 0.3) is 0 Å². The monoisotopic (exact) mass is 691 g/mol.